The molecule has 1 aromatic carbocycles. The van der Waals surface area contributed by atoms with Crippen LogP contribution >= 0.6 is 11.6 Å². The summed E-state index contributed by atoms with van der Waals surface area (Å²) >= 11 is 6.06. The first-order valence-electron chi connectivity index (χ1n) is 11.1. The van der Waals surface area contributed by atoms with Crippen molar-refractivity contribution in [2.75, 3.05) is 32.6 Å². The van der Waals surface area contributed by atoms with Gasteiger partial charge in [-0.3, -0.25) is 4.79 Å². The van der Waals surface area contributed by atoms with E-state index in [0.717, 1.165) is 31.0 Å². The molecule has 35 heavy (non-hydrogen) atoms. The van der Waals surface area contributed by atoms with Crippen LogP contribution in [0, 0.1) is 11.8 Å². The number of carbonyl (C=O) groups excluding carboxylic acids is 1. The molecular weight excluding hydrogens is 478 g/mol. The summed E-state index contributed by atoms with van der Waals surface area (Å²) in [6.45, 7) is 1.90. The Morgan fingerprint density at radius 3 is 2.71 bits per heavy atom. The fourth-order valence-corrected chi connectivity index (χ4v) is 4.10. The van der Waals surface area contributed by atoms with Crippen LogP contribution in [0.15, 0.2) is 36.5 Å². The Balaban J connectivity index is 1.51. The number of anilines is 1. The van der Waals surface area contributed by atoms with Gasteiger partial charge in [-0.1, -0.05) is 23.7 Å². The number of nitrogens with one attached hydrogen (secondary N) is 2. The minimum absolute atomic E-state index is 0.105. The minimum Gasteiger partial charge on any atom is -0.497 e. The first kappa shape index (κ1) is 24.7. The van der Waals surface area contributed by atoms with E-state index in [9.17, 15) is 9.18 Å². The number of carbonyl (C=O) groups is 1. The lowest BCUT2D eigenvalue weighted by molar-refractivity contribution is 0.0908. The molecule has 1 amide bonds. The van der Waals surface area contributed by atoms with E-state index in [4.69, 9.17) is 16.3 Å². The van der Waals surface area contributed by atoms with Gasteiger partial charge in [0.15, 0.2) is 11.6 Å². The molecule has 0 aliphatic carbocycles. The number of likely N-dealkylation sites (tertiary alicyclic amines) is 1. The molecule has 11 heteroatoms. The molecule has 0 unspecified atom stereocenters. The van der Waals surface area contributed by atoms with Gasteiger partial charge in [0.25, 0.3) is 11.9 Å². The molecule has 1 fully saturated rings. The quantitative estimate of drug-likeness (QED) is 0.473. The highest BCUT2D eigenvalue weighted by molar-refractivity contribution is 6.30. The van der Waals surface area contributed by atoms with Crippen molar-refractivity contribution in [3.05, 3.63) is 64.6 Å². The van der Waals surface area contributed by atoms with Gasteiger partial charge in [-0.2, -0.15) is 4.39 Å². The zero-order chi connectivity index (χ0) is 24.9. The van der Waals surface area contributed by atoms with Gasteiger partial charge in [-0.15, -0.1) is 0 Å². The number of halogens is 3. The van der Waals surface area contributed by atoms with Gasteiger partial charge in [0, 0.05) is 19.1 Å². The Kier molecular flexibility index (Phi) is 7.72. The zero-order valence-corrected chi connectivity index (χ0v) is 20.1. The van der Waals surface area contributed by atoms with Crippen molar-refractivity contribution < 1.29 is 18.3 Å². The van der Waals surface area contributed by atoms with E-state index < -0.39 is 17.7 Å². The maximum absolute atomic E-state index is 15.3. The van der Waals surface area contributed by atoms with Crippen molar-refractivity contribution in [1.29, 1.82) is 0 Å². The van der Waals surface area contributed by atoms with Crippen LogP contribution in [-0.4, -0.2) is 59.0 Å². The van der Waals surface area contributed by atoms with Crippen LogP contribution in [0.5, 0.6) is 5.75 Å². The van der Waals surface area contributed by atoms with Crippen LogP contribution < -0.4 is 15.4 Å². The average molecular weight is 503 g/mol. The van der Waals surface area contributed by atoms with Crippen molar-refractivity contribution in [3.8, 4) is 17.1 Å². The van der Waals surface area contributed by atoms with Crippen molar-refractivity contribution >= 4 is 23.3 Å². The highest BCUT2D eigenvalue weighted by Crippen LogP contribution is 2.26. The summed E-state index contributed by atoms with van der Waals surface area (Å²) in [5, 5.41) is 5.57. The summed E-state index contributed by atoms with van der Waals surface area (Å²) in [6, 6.07) is 8.27. The highest BCUT2D eigenvalue weighted by atomic mass is 35.5. The Bertz CT molecular complexity index is 1210. The molecule has 0 spiro atoms. The van der Waals surface area contributed by atoms with E-state index in [2.05, 4.69) is 30.5 Å². The van der Waals surface area contributed by atoms with Gasteiger partial charge in [0.05, 0.1) is 18.9 Å². The summed E-state index contributed by atoms with van der Waals surface area (Å²) in [6.07, 6.45) is 2.91. The zero-order valence-electron chi connectivity index (χ0n) is 19.3. The molecule has 0 radical (unpaired) electrons. The normalized spacial score (nSPS) is 16.1. The fourth-order valence-electron chi connectivity index (χ4n) is 3.91. The molecule has 1 atom stereocenters. The number of methoxy groups -OCH3 is 1. The number of benzene rings is 1. The number of aromatic nitrogens is 3. The summed E-state index contributed by atoms with van der Waals surface area (Å²) < 4.78 is 35.1. The van der Waals surface area contributed by atoms with Crippen LogP contribution in [0.25, 0.3) is 11.4 Å². The van der Waals surface area contributed by atoms with Crippen molar-refractivity contribution in [2.45, 2.75) is 25.4 Å². The molecule has 0 saturated carbocycles. The molecule has 8 nitrogen and oxygen atoms in total. The standard InChI is InChI=1S/C24H25ClF2N6O2/c1-33-9-3-4-15(13-33)30-24(34)17-10-19(25)32-21(20(17)26)18-12-29-23(22(27)31-18)28-11-14-5-7-16(35-2)8-6-14/h5-8,10,12,15H,3-4,9,11,13H2,1-2H3,(H,28,29)(H,30,34)/t15-/m0/s1. The monoisotopic (exact) mass is 502 g/mol. The lowest BCUT2D eigenvalue weighted by Gasteiger charge is -2.30. The lowest BCUT2D eigenvalue weighted by atomic mass is 10.1. The number of nitrogens with zero attached hydrogens (tertiary/aromatic N) is 4. The molecule has 1 aliphatic rings. The maximum Gasteiger partial charge on any atom is 0.256 e. The van der Waals surface area contributed by atoms with Gasteiger partial charge in [0.1, 0.15) is 22.3 Å². The fraction of sp³-hybridized carbons (Fsp3) is 0.333. The van der Waals surface area contributed by atoms with E-state index in [1.807, 2.05) is 19.2 Å². The Labute approximate surface area is 206 Å². The van der Waals surface area contributed by atoms with E-state index in [1.54, 1.807) is 19.2 Å². The van der Waals surface area contributed by atoms with Gasteiger partial charge in [-0.05, 0) is 50.2 Å². The second kappa shape index (κ2) is 10.9. The molecule has 1 saturated heterocycles. The predicted molar refractivity (Wildman–Crippen MR) is 128 cm³/mol. The largest absolute Gasteiger partial charge is 0.497 e. The number of pyridine rings is 1. The van der Waals surface area contributed by atoms with E-state index in [0.29, 0.717) is 18.8 Å². The van der Waals surface area contributed by atoms with Crippen LogP contribution in [0.2, 0.25) is 5.15 Å². The first-order valence-corrected chi connectivity index (χ1v) is 11.5. The number of piperidine rings is 1. The number of ether oxygens (including phenoxy) is 1. The second-order valence-electron chi connectivity index (χ2n) is 8.33. The van der Waals surface area contributed by atoms with Crippen LogP contribution in [0.3, 0.4) is 0 Å². The van der Waals surface area contributed by atoms with Crippen molar-refractivity contribution in [3.63, 3.8) is 0 Å². The van der Waals surface area contributed by atoms with Crippen LogP contribution in [-0.2, 0) is 6.54 Å². The number of hydrogen-bond donors (Lipinski definition) is 2. The number of likely N-dealkylation sites (N-methyl/N-ethyl adjacent to an activating group) is 1. The molecule has 2 N–H and O–H groups in total. The van der Waals surface area contributed by atoms with Crippen molar-refractivity contribution in [2.24, 2.45) is 0 Å². The Morgan fingerprint density at radius 2 is 2.03 bits per heavy atom. The lowest BCUT2D eigenvalue weighted by Crippen LogP contribution is -2.46. The molecule has 1 aliphatic heterocycles. The molecule has 2 aromatic heterocycles. The number of rotatable bonds is 7. The predicted octanol–water partition coefficient (Wildman–Crippen LogP) is 3.91. The summed E-state index contributed by atoms with van der Waals surface area (Å²) in [5.74, 6) is -1.89. The summed E-state index contributed by atoms with van der Waals surface area (Å²) in [4.78, 5) is 26.6. The van der Waals surface area contributed by atoms with E-state index in [1.165, 1.54) is 6.20 Å². The van der Waals surface area contributed by atoms with Crippen LogP contribution in [0.4, 0.5) is 14.6 Å². The van der Waals surface area contributed by atoms with Gasteiger partial charge >= 0.3 is 0 Å². The third kappa shape index (κ3) is 6.01. The molecule has 0 bridgehead atoms. The van der Waals surface area contributed by atoms with E-state index >= 15 is 4.39 Å². The second-order valence-corrected chi connectivity index (χ2v) is 8.71. The number of amides is 1. The Hall–Kier alpha value is -3.37. The van der Waals surface area contributed by atoms with Crippen molar-refractivity contribution in [1.82, 2.24) is 25.2 Å². The third-order valence-corrected chi connectivity index (χ3v) is 5.92. The first-order chi connectivity index (χ1) is 16.8. The molecule has 3 aromatic rings. The Morgan fingerprint density at radius 1 is 1.26 bits per heavy atom. The number of hydrogen-bond acceptors (Lipinski definition) is 7. The van der Waals surface area contributed by atoms with Crippen LogP contribution in [0.1, 0.15) is 28.8 Å². The third-order valence-electron chi connectivity index (χ3n) is 5.72. The molecular formula is C24H25ClF2N6O2. The minimum atomic E-state index is -0.941. The molecule has 4 rings (SSSR count). The van der Waals surface area contributed by atoms with Gasteiger partial charge < -0.3 is 20.3 Å². The summed E-state index contributed by atoms with van der Waals surface area (Å²) in [7, 11) is 3.53. The molecule has 3 heterocycles. The molecule has 184 valence electrons. The smallest absolute Gasteiger partial charge is 0.256 e. The van der Waals surface area contributed by atoms with Gasteiger partial charge in [0.2, 0.25) is 0 Å². The summed E-state index contributed by atoms with van der Waals surface area (Å²) in [5.41, 5.74) is 0.0658. The SMILES string of the molecule is COc1ccc(CNc2ncc(-c3nc(Cl)cc(C(=O)N[C@H]4CCCN(C)C4)c3F)nc2F)cc1. The average Bonchev–Trinajstić information content (AvgIpc) is 2.84. The topological polar surface area (TPSA) is 92.3 Å². The maximum atomic E-state index is 15.3. The van der Waals surface area contributed by atoms with E-state index in [-0.39, 0.29) is 34.0 Å². The highest BCUT2D eigenvalue weighted by Gasteiger charge is 2.25. The van der Waals surface area contributed by atoms with Gasteiger partial charge in [-0.25, -0.2) is 19.3 Å².